The van der Waals surface area contributed by atoms with Crippen molar-refractivity contribution in [2.24, 2.45) is 5.92 Å². The standard InChI is InChI=1S/C15H22N2O3/c1-11(2)7-8-16-14(18)10-15(19)17-12-5-4-6-13(9-12)20-3/h4-6,9,11H,7-8,10H2,1-3H3,(H,16,18)(H,17,19). The van der Waals surface area contributed by atoms with E-state index in [0.29, 0.717) is 23.9 Å². The van der Waals surface area contributed by atoms with Crippen LogP contribution in [0.4, 0.5) is 5.69 Å². The SMILES string of the molecule is COc1cccc(NC(=O)CC(=O)NCCC(C)C)c1. The van der Waals surface area contributed by atoms with Gasteiger partial charge in [0.15, 0.2) is 0 Å². The van der Waals surface area contributed by atoms with Crippen molar-refractivity contribution in [3.05, 3.63) is 24.3 Å². The van der Waals surface area contributed by atoms with E-state index in [9.17, 15) is 9.59 Å². The van der Waals surface area contributed by atoms with Gasteiger partial charge in [0, 0.05) is 18.3 Å². The smallest absolute Gasteiger partial charge is 0.233 e. The predicted molar refractivity (Wildman–Crippen MR) is 78.7 cm³/mol. The van der Waals surface area contributed by atoms with Crippen molar-refractivity contribution in [3.8, 4) is 5.75 Å². The number of rotatable bonds is 7. The topological polar surface area (TPSA) is 67.4 Å². The summed E-state index contributed by atoms with van der Waals surface area (Å²) in [6, 6.07) is 7.01. The fourth-order valence-corrected chi connectivity index (χ4v) is 1.61. The monoisotopic (exact) mass is 278 g/mol. The van der Waals surface area contributed by atoms with Gasteiger partial charge in [-0.3, -0.25) is 9.59 Å². The Labute approximate surface area is 119 Å². The molecule has 0 unspecified atom stereocenters. The Kier molecular flexibility index (Phi) is 6.56. The van der Waals surface area contributed by atoms with E-state index < -0.39 is 0 Å². The molecule has 20 heavy (non-hydrogen) atoms. The summed E-state index contributed by atoms with van der Waals surface area (Å²) in [7, 11) is 1.56. The molecule has 0 atom stereocenters. The lowest BCUT2D eigenvalue weighted by Crippen LogP contribution is -2.29. The summed E-state index contributed by atoms with van der Waals surface area (Å²) in [5.74, 6) is 0.594. The van der Waals surface area contributed by atoms with Crippen LogP contribution in [0.15, 0.2) is 24.3 Å². The van der Waals surface area contributed by atoms with Crippen molar-refractivity contribution in [1.29, 1.82) is 0 Å². The molecule has 110 valence electrons. The molecule has 0 radical (unpaired) electrons. The summed E-state index contributed by atoms with van der Waals surface area (Å²) in [6.45, 7) is 4.77. The zero-order chi connectivity index (χ0) is 15.0. The van der Waals surface area contributed by atoms with Gasteiger partial charge in [0.05, 0.1) is 7.11 Å². The molecular weight excluding hydrogens is 256 g/mol. The minimum Gasteiger partial charge on any atom is -0.497 e. The molecule has 0 aliphatic rings. The number of methoxy groups -OCH3 is 1. The molecule has 1 aromatic rings. The van der Waals surface area contributed by atoms with Crippen LogP contribution in [-0.2, 0) is 9.59 Å². The number of carbonyl (C=O) groups is 2. The first-order chi connectivity index (χ1) is 9.51. The molecule has 5 heteroatoms. The van der Waals surface area contributed by atoms with Gasteiger partial charge in [0.25, 0.3) is 0 Å². The van der Waals surface area contributed by atoms with Crippen LogP contribution in [0.3, 0.4) is 0 Å². The molecule has 0 fully saturated rings. The van der Waals surface area contributed by atoms with Crippen LogP contribution in [0.2, 0.25) is 0 Å². The summed E-state index contributed by atoms with van der Waals surface area (Å²) in [5.41, 5.74) is 0.615. The molecule has 0 aliphatic heterocycles. The fourth-order valence-electron chi connectivity index (χ4n) is 1.61. The van der Waals surface area contributed by atoms with Gasteiger partial charge in [-0.1, -0.05) is 19.9 Å². The van der Waals surface area contributed by atoms with Gasteiger partial charge < -0.3 is 15.4 Å². The second-order valence-corrected chi connectivity index (χ2v) is 4.99. The molecule has 0 heterocycles. The number of amides is 2. The molecule has 1 aromatic carbocycles. The van der Waals surface area contributed by atoms with Gasteiger partial charge in [0.1, 0.15) is 12.2 Å². The highest BCUT2D eigenvalue weighted by atomic mass is 16.5. The number of hydrogen-bond acceptors (Lipinski definition) is 3. The highest BCUT2D eigenvalue weighted by molar-refractivity contribution is 6.03. The first kappa shape index (κ1) is 16.0. The molecule has 5 nitrogen and oxygen atoms in total. The first-order valence-electron chi connectivity index (χ1n) is 6.72. The minimum atomic E-state index is -0.333. The number of benzene rings is 1. The zero-order valence-corrected chi connectivity index (χ0v) is 12.2. The van der Waals surface area contributed by atoms with E-state index in [-0.39, 0.29) is 18.2 Å². The Morgan fingerprint density at radius 1 is 1.25 bits per heavy atom. The predicted octanol–water partition coefficient (Wildman–Crippen LogP) is 2.19. The van der Waals surface area contributed by atoms with E-state index in [1.54, 1.807) is 31.4 Å². The van der Waals surface area contributed by atoms with Crippen molar-refractivity contribution in [2.75, 3.05) is 19.0 Å². The van der Waals surface area contributed by atoms with Crippen molar-refractivity contribution < 1.29 is 14.3 Å². The largest absolute Gasteiger partial charge is 0.497 e. The Balaban J connectivity index is 2.37. The summed E-state index contributed by atoms with van der Waals surface area (Å²) in [5, 5.41) is 5.40. The van der Waals surface area contributed by atoms with Crippen LogP contribution in [0, 0.1) is 5.92 Å². The van der Waals surface area contributed by atoms with E-state index in [2.05, 4.69) is 24.5 Å². The van der Waals surface area contributed by atoms with E-state index in [4.69, 9.17) is 4.74 Å². The Hall–Kier alpha value is -2.04. The molecule has 2 amide bonds. The van der Waals surface area contributed by atoms with Crippen LogP contribution >= 0.6 is 0 Å². The summed E-state index contributed by atoms with van der Waals surface area (Å²) in [6.07, 6.45) is 0.735. The lowest BCUT2D eigenvalue weighted by atomic mass is 10.1. The van der Waals surface area contributed by atoms with Crippen LogP contribution < -0.4 is 15.4 Å². The average molecular weight is 278 g/mol. The number of nitrogens with one attached hydrogen (secondary N) is 2. The molecule has 0 saturated carbocycles. The summed E-state index contributed by atoms with van der Waals surface area (Å²) >= 11 is 0. The van der Waals surface area contributed by atoms with Crippen LogP contribution in [0.5, 0.6) is 5.75 Å². The van der Waals surface area contributed by atoms with Crippen molar-refractivity contribution in [1.82, 2.24) is 5.32 Å². The first-order valence-corrected chi connectivity index (χ1v) is 6.72. The van der Waals surface area contributed by atoms with Gasteiger partial charge in [-0.05, 0) is 24.5 Å². The van der Waals surface area contributed by atoms with Crippen molar-refractivity contribution in [2.45, 2.75) is 26.7 Å². The molecule has 1 rings (SSSR count). The maximum Gasteiger partial charge on any atom is 0.233 e. The van der Waals surface area contributed by atoms with Crippen LogP contribution in [0.25, 0.3) is 0 Å². The van der Waals surface area contributed by atoms with Gasteiger partial charge in [-0.25, -0.2) is 0 Å². The highest BCUT2D eigenvalue weighted by Gasteiger charge is 2.09. The molecule has 0 aliphatic carbocycles. The summed E-state index contributed by atoms with van der Waals surface area (Å²) < 4.78 is 5.06. The Bertz CT molecular complexity index is 458. The number of ether oxygens (including phenoxy) is 1. The highest BCUT2D eigenvalue weighted by Crippen LogP contribution is 2.16. The quantitative estimate of drug-likeness (QED) is 0.751. The third kappa shape index (κ3) is 6.22. The lowest BCUT2D eigenvalue weighted by Gasteiger charge is -2.08. The number of carbonyl (C=O) groups excluding carboxylic acids is 2. The van der Waals surface area contributed by atoms with E-state index in [0.717, 1.165) is 6.42 Å². The number of hydrogen-bond donors (Lipinski definition) is 2. The molecular formula is C15H22N2O3. The number of anilines is 1. The van der Waals surface area contributed by atoms with Crippen LogP contribution in [0.1, 0.15) is 26.7 Å². The molecule has 2 N–H and O–H groups in total. The summed E-state index contributed by atoms with van der Waals surface area (Å²) in [4.78, 5) is 23.3. The zero-order valence-electron chi connectivity index (χ0n) is 12.2. The fraction of sp³-hybridized carbons (Fsp3) is 0.467. The third-order valence-electron chi connectivity index (χ3n) is 2.72. The van der Waals surface area contributed by atoms with Gasteiger partial charge in [0.2, 0.25) is 11.8 Å². The second kappa shape index (κ2) is 8.19. The molecule has 0 spiro atoms. The molecule has 0 bridgehead atoms. The molecule has 0 saturated heterocycles. The lowest BCUT2D eigenvalue weighted by molar-refractivity contribution is -0.126. The van der Waals surface area contributed by atoms with Gasteiger partial charge in [-0.15, -0.1) is 0 Å². The van der Waals surface area contributed by atoms with Crippen LogP contribution in [-0.4, -0.2) is 25.5 Å². The maximum atomic E-state index is 11.7. The third-order valence-corrected chi connectivity index (χ3v) is 2.72. The average Bonchev–Trinajstić information content (AvgIpc) is 2.38. The second-order valence-electron chi connectivity index (χ2n) is 4.99. The maximum absolute atomic E-state index is 11.7. The van der Waals surface area contributed by atoms with Crippen molar-refractivity contribution in [3.63, 3.8) is 0 Å². The molecule has 0 aromatic heterocycles. The van der Waals surface area contributed by atoms with E-state index in [1.165, 1.54) is 0 Å². The van der Waals surface area contributed by atoms with Gasteiger partial charge >= 0.3 is 0 Å². The van der Waals surface area contributed by atoms with E-state index in [1.807, 2.05) is 0 Å². The Morgan fingerprint density at radius 3 is 2.65 bits per heavy atom. The van der Waals surface area contributed by atoms with Crippen molar-refractivity contribution >= 4 is 17.5 Å². The Morgan fingerprint density at radius 2 is 2.00 bits per heavy atom. The van der Waals surface area contributed by atoms with Gasteiger partial charge in [-0.2, -0.15) is 0 Å². The minimum absolute atomic E-state index is 0.171. The normalized spacial score (nSPS) is 10.2. The van der Waals surface area contributed by atoms with E-state index >= 15 is 0 Å².